The third-order valence-corrected chi connectivity index (χ3v) is 15.7. The highest BCUT2D eigenvalue weighted by Gasteiger charge is 2.30. The van der Waals surface area contributed by atoms with Crippen LogP contribution >= 0.6 is 23.5 Å². The highest BCUT2D eigenvalue weighted by molar-refractivity contribution is 8.15. The molecule has 4 N–H and O–H groups in total. The number of carbonyl (C=O) groups is 8. The standard InChI is InChI=1S/C35H40N2O8S.C33H38N2O7S/c1-5-19-44-35(41)37-24(2)34(40)46-31(21-25-13-15-27(16-14-25)26-10-7-6-8-11-26)33(39)45-23-28-17-18-29(22-30(28)42-4)43-20-9-12-32(38)36-3;1-22(35-23(2)36)33(39)43-30(19-24-12-14-26(15-13-24)25-9-6-5-7-10-25)32(38)42-21-27-16-17-28(20-29(27)40-4)41-18-8-11-31(37)34-3/h5-8,10-11,13-18,22,24,31H,1,9,12,19-21,23H2,2-4H3,(H,36,38)(H,37,41);5-7,9-10,12-17,20,22,30H,8,11,18-19,21H2,1-4H3,(H,34,37)(H,35,36). The first-order valence-electron chi connectivity index (χ1n) is 28.8. The van der Waals surface area contributed by atoms with Crippen molar-refractivity contribution in [2.24, 2.45) is 0 Å². The second-order valence-corrected chi connectivity index (χ2v) is 22.4. The summed E-state index contributed by atoms with van der Waals surface area (Å²) < 4.78 is 38.7. The molecule has 89 heavy (non-hydrogen) atoms. The van der Waals surface area contributed by atoms with E-state index in [2.05, 4.69) is 27.8 Å². The highest BCUT2D eigenvalue weighted by atomic mass is 32.2. The Morgan fingerprint density at radius 2 is 0.910 bits per heavy atom. The molecule has 0 aliphatic carbocycles. The molecule has 0 aromatic heterocycles. The topological polar surface area (TPSA) is 249 Å². The predicted octanol–water partition coefficient (Wildman–Crippen LogP) is 10.2. The lowest BCUT2D eigenvalue weighted by Gasteiger charge is -2.19. The summed E-state index contributed by atoms with van der Waals surface area (Å²) in [5.74, 6) is 0.465. The van der Waals surface area contributed by atoms with Crippen molar-refractivity contribution in [2.45, 2.75) is 95.1 Å². The van der Waals surface area contributed by atoms with Crippen LogP contribution in [0.25, 0.3) is 22.3 Å². The van der Waals surface area contributed by atoms with Gasteiger partial charge in [0.05, 0.1) is 39.5 Å². The van der Waals surface area contributed by atoms with Crippen LogP contribution in [0.2, 0.25) is 0 Å². The summed E-state index contributed by atoms with van der Waals surface area (Å²) in [7, 11) is 6.19. The molecule has 0 radical (unpaired) electrons. The average molecular weight is 1260 g/mol. The van der Waals surface area contributed by atoms with Gasteiger partial charge in [0.25, 0.3) is 0 Å². The first kappa shape index (κ1) is 70.7. The zero-order valence-electron chi connectivity index (χ0n) is 51.2. The predicted molar refractivity (Wildman–Crippen MR) is 345 cm³/mol. The van der Waals surface area contributed by atoms with E-state index in [9.17, 15) is 38.4 Å². The number of ether oxygens (including phenoxy) is 7. The summed E-state index contributed by atoms with van der Waals surface area (Å²) in [6.45, 7) is 8.48. The van der Waals surface area contributed by atoms with Crippen LogP contribution in [0, 0.1) is 0 Å². The SMILES string of the molecule is C=CCOC(=O)NC(C)C(=O)SC(Cc1ccc(-c2ccccc2)cc1)C(=O)OCc1ccc(OCCCC(=O)NC)cc1OC.CNC(=O)CCCOc1ccc(COC(=O)C(Cc2ccc(-c3ccccc3)cc2)SC(=O)C(C)NC(C)=O)c(OC)c1. The molecule has 21 heteroatoms. The highest BCUT2D eigenvalue weighted by Crippen LogP contribution is 2.31. The largest absolute Gasteiger partial charge is 0.496 e. The van der Waals surface area contributed by atoms with Crippen LogP contribution in [-0.4, -0.2) is 117 Å². The lowest BCUT2D eigenvalue weighted by atomic mass is 10.0. The van der Waals surface area contributed by atoms with E-state index in [4.69, 9.17) is 33.2 Å². The molecule has 0 bridgehead atoms. The fourth-order valence-corrected chi connectivity index (χ4v) is 10.4. The Balaban J connectivity index is 0.000000325. The Labute approximate surface area is 528 Å². The van der Waals surface area contributed by atoms with Gasteiger partial charge < -0.3 is 54.4 Å². The Bertz CT molecular complexity index is 3280. The molecule has 0 fully saturated rings. The maximum atomic E-state index is 13.4. The van der Waals surface area contributed by atoms with E-state index in [-0.39, 0.29) is 55.5 Å². The van der Waals surface area contributed by atoms with Gasteiger partial charge in [0, 0.05) is 57.1 Å². The molecule has 6 aromatic rings. The summed E-state index contributed by atoms with van der Waals surface area (Å²) >= 11 is 1.65. The van der Waals surface area contributed by atoms with Crippen molar-refractivity contribution < 1.29 is 71.5 Å². The molecule has 4 atom stereocenters. The lowest BCUT2D eigenvalue weighted by Crippen LogP contribution is -2.39. The molecule has 0 saturated heterocycles. The smallest absolute Gasteiger partial charge is 0.408 e. The fourth-order valence-electron chi connectivity index (χ4n) is 8.41. The number of amides is 4. The van der Waals surface area contributed by atoms with E-state index < -0.39 is 45.7 Å². The van der Waals surface area contributed by atoms with Crippen molar-refractivity contribution >= 4 is 69.5 Å². The number of carbonyl (C=O) groups excluding carboxylic acids is 8. The number of alkyl carbamates (subject to hydrolysis) is 1. The van der Waals surface area contributed by atoms with Crippen LogP contribution in [0.15, 0.2) is 158 Å². The molecule has 472 valence electrons. The summed E-state index contributed by atoms with van der Waals surface area (Å²) in [6.07, 6.45) is 2.98. The average Bonchev–Trinajstić information content (AvgIpc) is 3.63. The van der Waals surface area contributed by atoms with Crippen molar-refractivity contribution in [3.05, 3.63) is 181 Å². The molecule has 0 aliphatic rings. The summed E-state index contributed by atoms with van der Waals surface area (Å²) in [5.41, 5.74) is 7.14. The molecular weight excluding hydrogens is 1180 g/mol. The van der Waals surface area contributed by atoms with E-state index in [1.807, 2.05) is 109 Å². The van der Waals surface area contributed by atoms with E-state index in [1.54, 1.807) is 57.4 Å². The van der Waals surface area contributed by atoms with Gasteiger partial charge in [0.1, 0.15) is 53.3 Å². The zero-order valence-corrected chi connectivity index (χ0v) is 52.8. The number of benzene rings is 6. The summed E-state index contributed by atoms with van der Waals surface area (Å²) in [4.78, 5) is 99.0. The molecule has 4 unspecified atom stereocenters. The van der Waals surface area contributed by atoms with Crippen molar-refractivity contribution in [2.75, 3.05) is 48.1 Å². The van der Waals surface area contributed by atoms with Crippen molar-refractivity contribution in [1.82, 2.24) is 21.3 Å². The number of nitrogens with one attached hydrogen (secondary N) is 4. The van der Waals surface area contributed by atoms with Crippen LogP contribution < -0.4 is 40.2 Å². The van der Waals surface area contributed by atoms with E-state index in [0.29, 0.717) is 73.0 Å². The maximum Gasteiger partial charge on any atom is 0.408 e. The number of esters is 2. The molecule has 0 saturated carbocycles. The Morgan fingerprint density at radius 1 is 0.517 bits per heavy atom. The monoisotopic (exact) mass is 1250 g/mol. The Hall–Kier alpha value is -9.08. The number of hydrogen-bond donors (Lipinski definition) is 4. The van der Waals surface area contributed by atoms with Crippen LogP contribution in [0.4, 0.5) is 4.79 Å². The third-order valence-electron chi connectivity index (χ3n) is 13.2. The number of rotatable bonds is 32. The van der Waals surface area contributed by atoms with Crippen LogP contribution in [0.1, 0.15) is 68.7 Å². The molecule has 0 spiro atoms. The van der Waals surface area contributed by atoms with Gasteiger partial charge in [-0.15, -0.1) is 0 Å². The van der Waals surface area contributed by atoms with E-state index in [0.717, 1.165) is 56.9 Å². The molecule has 4 amide bonds. The van der Waals surface area contributed by atoms with Gasteiger partial charge in [-0.3, -0.25) is 33.6 Å². The molecular formula is C68H78N4O15S2. The third kappa shape index (κ3) is 24.9. The van der Waals surface area contributed by atoms with Gasteiger partial charge in [-0.1, -0.05) is 145 Å². The molecule has 0 aliphatic heterocycles. The Kier molecular flexibility index (Phi) is 30.4. The van der Waals surface area contributed by atoms with Gasteiger partial charge in [-0.2, -0.15) is 0 Å². The van der Waals surface area contributed by atoms with Gasteiger partial charge >= 0.3 is 18.0 Å². The normalized spacial score (nSPS) is 11.9. The molecule has 19 nitrogen and oxygen atoms in total. The fraction of sp³-hybridized carbons (Fsp3) is 0.324. The molecule has 6 rings (SSSR count). The molecule has 6 aromatic carbocycles. The zero-order chi connectivity index (χ0) is 64.5. The van der Waals surface area contributed by atoms with Gasteiger partial charge in [0.15, 0.2) is 0 Å². The van der Waals surface area contributed by atoms with Gasteiger partial charge in [-0.05, 0) is 97.2 Å². The minimum absolute atomic E-state index is 0.00205. The first-order chi connectivity index (χ1) is 42.9. The second kappa shape index (κ2) is 38.3. The van der Waals surface area contributed by atoms with Gasteiger partial charge in [-0.25, -0.2) is 4.79 Å². The summed E-state index contributed by atoms with van der Waals surface area (Å²) in [6, 6.07) is 44.1. The number of methoxy groups -OCH3 is 2. The van der Waals surface area contributed by atoms with Crippen molar-refractivity contribution in [3.8, 4) is 45.3 Å². The van der Waals surface area contributed by atoms with E-state index >= 15 is 0 Å². The first-order valence-corrected chi connectivity index (χ1v) is 30.5. The second-order valence-electron chi connectivity index (χ2n) is 20.0. The quantitative estimate of drug-likeness (QED) is 0.0133. The van der Waals surface area contributed by atoms with Crippen molar-refractivity contribution in [1.29, 1.82) is 0 Å². The lowest BCUT2D eigenvalue weighted by molar-refractivity contribution is -0.145. The minimum Gasteiger partial charge on any atom is -0.496 e. The number of thioether (sulfide) groups is 2. The van der Waals surface area contributed by atoms with Crippen molar-refractivity contribution in [3.63, 3.8) is 0 Å². The van der Waals surface area contributed by atoms with Crippen LogP contribution in [-0.2, 0) is 73.8 Å². The van der Waals surface area contributed by atoms with Gasteiger partial charge in [0.2, 0.25) is 28.0 Å². The van der Waals surface area contributed by atoms with Crippen LogP contribution in [0.3, 0.4) is 0 Å². The summed E-state index contributed by atoms with van der Waals surface area (Å²) in [5, 5.41) is 7.70. The Morgan fingerprint density at radius 3 is 1.28 bits per heavy atom. The van der Waals surface area contributed by atoms with Crippen LogP contribution in [0.5, 0.6) is 23.0 Å². The minimum atomic E-state index is -0.915. The molecule has 0 heterocycles. The number of hydrogen-bond acceptors (Lipinski definition) is 17. The maximum absolute atomic E-state index is 13.4. The van der Waals surface area contributed by atoms with E-state index in [1.165, 1.54) is 34.1 Å².